The average molecular weight is 382 g/mol. The topological polar surface area (TPSA) is 65.5 Å². The molecule has 9 heteroatoms. The number of anilines is 1. The molecule has 2 aromatic carbocycles. The van der Waals surface area contributed by atoms with Crippen LogP contribution in [0.25, 0.3) is 0 Å². The summed E-state index contributed by atoms with van der Waals surface area (Å²) in [6, 6.07) is 7.81. The van der Waals surface area contributed by atoms with Crippen LogP contribution in [-0.4, -0.2) is 32.0 Å². The van der Waals surface area contributed by atoms with Crippen LogP contribution in [0.3, 0.4) is 0 Å². The number of aliphatic imine (C=N–C) groups is 1. The number of hydrogen-bond acceptors (Lipinski definition) is 2. The van der Waals surface area contributed by atoms with Crippen LogP contribution in [0.2, 0.25) is 0 Å². The number of carbonyl (C=O) groups is 1. The fourth-order valence-electron chi connectivity index (χ4n) is 2.22. The van der Waals surface area contributed by atoms with E-state index in [0.29, 0.717) is 25.0 Å². The highest BCUT2D eigenvalue weighted by atomic mass is 19.2. The molecule has 0 saturated carbocycles. The normalized spacial score (nSPS) is 11.2. The van der Waals surface area contributed by atoms with Gasteiger partial charge in [-0.15, -0.1) is 0 Å². The van der Waals surface area contributed by atoms with Gasteiger partial charge in [0.05, 0.1) is 12.2 Å². The Morgan fingerprint density at radius 3 is 2.52 bits per heavy atom. The Morgan fingerprint density at radius 1 is 1.04 bits per heavy atom. The molecular weight excluding hydrogens is 364 g/mol. The molecule has 0 aliphatic rings. The summed E-state index contributed by atoms with van der Waals surface area (Å²) in [6.07, 6.45) is 0.532. The van der Waals surface area contributed by atoms with Crippen LogP contribution in [0, 0.1) is 23.3 Å². The van der Waals surface area contributed by atoms with Crippen molar-refractivity contribution in [2.24, 2.45) is 4.99 Å². The Labute approximate surface area is 153 Å². The van der Waals surface area contributed by atoms with Crippen LogP contribution in [0.15, 0.2) is 41.4 Å². The maximum absolute atomic E-state index is 13.5. The van der Waals surface area contributed by atoms with Crippen molar-refractivity contribution < 1.29 is 22.4 Å². The van der Waals surface area contributed by atoms with E-state index in [9.17, 15) is 22.4 Å². The second-order valence-electron chi connectivity index (χ2n) is 5.50. The van der Waals surface area contributed by atoms with Crippen LogP contribution in [0.5, 0.6) is 0 Å². The zero-order valence-corrected chi connectivity index (χ0v) is 14.5. The van der Waals surface area contributed by atoms with Gasteiger partial charge < -0.3 is 16.0 Å². The average Bonchev–Trinajstić information content (AvgIpc) is 2.65. The minimum absolute atomic E-state index is 0.280. The Morgan fingerprint density at radius 2 is 1.81 bits per heavy atom. The van der Waals surface area contributed by atoms with Crippen molar-refractivity contribution in [1.29, 1.82) is 0 Å². The van der Waals surface area contributed by atoms with Crippen molar-refractivity contribution >= 4 is 17.6 Å². The molecule has 0 spiro atoms. The predicted molar refractivity (Wildman–Crippen MR) is 94.4 cm³/mol. The molecule has 0 saturated heterocycles. The molecule has 1 amide bonds. The molecule has 3 N–H and O–H groups in total. The molecule has 0 atom stereocenters. The second kappa shape index (κ2) is 9.56. The van der Waals surface area contributed by atoms with Crippen molar-refractivity contribution in [3.8, 4) is 0 Å². The third kappa shape index (κ3) is 5.98. The third-order valence-corrected chi connectivity index (χ3v) is 3.54. The monoisotopic (exact) mass is 382 g/mol. The van der Waals surface area contributed by atoms with E-state index in [0.717, 1.165) is 11.6 Å². The molecule has 0 bridgehead atoms. The van der Waals surface area contributed by atoms with Gasteiger partial charge in [0.2, 0.25) is 5.91 Å². The minimum atomic E-state index is -1.66. The summed E-state index contributed by atoms with van der Waals surface area (Å²) in [5.41, 5.74) is 0.333. The Hall–Kier alpha value is -3.10. The van der Waals surface area contributed by atoms with Crippen LogP contribution in [0.1, 0.15) is 5.56 Å². The summed E-state index contributed by atoms with van der Waals surface area (Å²) >= 11 is 0. The number of carbonyl (C=O) groups excluding carboxylic acids is 1. The number of amides is 1. The number of hydrogen-bond donors (Lipinski definition) is 3. The van der Waals surface area contributed by atoms with Crippen molar-refractivity contribution in [1.82, 2.24) is 10.6 Å². The first-order valence-electron chi connectivity index (χ1n) is 8.03. The smallest absolute Gasteiger partial charge is 0.243 e. The maximum atomic E-state index is 13.5. The van der Waals surface area contributed by atoms with Crippen molar-refractivity contribution in [3.05, 3.63) is 65.2 Å². The van der Waals surface area contributed by atoms with Gasteiger partial charge in [-0.3, -0.25) is 9.79 Å². The van der Waals surface area contributed by atoms with E-state index in [2.05, 4.69) is 20.9 Å². The van der Waals surface area contributed by atoms with Gasteiger partial charge >= 0.3 is 0 Å². The molecule has 0 unspecified atom stereocenters. The van der Waals surface area contributed by atoms with Crippen molar-refractivity contribution in [2.45, 2.75) is 6.42 Å². The van der Waals surface area contributed by atoms with Crippen LogP contribution >= 0.6 is 0 Å². The molecule has 27 heavy (non-hydrogen) atoms. The van der Waals surface area contributed by atoms with Crippen molar-refractivity contribution in [3.63, 3.8) is 0 Å². The summed E-state index contributed by atoms with van der Waals surface area (Å²) in [5, 5.41) is 7.77. The van der Waals surface area contributed by atoms with Gasteiger partial charge in [0.25, 0.3) is 0 Å². The molecule has 144 valence electrons. The molecule has 0 heterocycles. The first kappa shape index (κ1) is 20.2. The summed E-state index contributed by atoms with van der Waals surface area (Å²) in [6.45, 7) is 0.153. The number of benzene rings is 2. The lowest BCUT2D eigenvalue weighted by Crippen LogP contribution is -2.42. The number of rotatable bonds is 6. The zero-order chi connectivity index (χ0) is 19.8. The second-order valence-corrected chi connectivity index (χ2v) is 5.50. The lowest BCUT2D eigenvalue weighted by molar-refractivity contribution is -0.115. The Bertz CT molecular complexity index is 842. The standard InChI is InChI=1S/C18H18F4N4O/c1-23-18(24-8-7-11-3-2-4-12(19)9-11)25-10-15(27)26-14-6-5-13(20)16(21)17(14)22/h2-6,9H,7-8,10H2,1H3,(H,26,27)(H2,23,24,25). The zero-order valence-electron chi connectivity index (χ0n) is 14.5. The summed E-state index contributed by atoms with van der Waals surface area (Å²) < 4.78 is 52.7. The lowest BCUT2D eigenvalue weighted by Gasteiger charge is -2.12. The highest BCUT2D eigenvalue weighted by molar-refractivity contribution is 5.95. The molecule has 0 aliphatic heterocycles. The molecule has 2 aromatic rings. The summed E-state index contributed by atoms with van der Waals surface area (Å²) in [5.74, 6) is -5.17. The van der Waals surface area contributed by atoms with Crippen LogP contribution in [-0.2, 0) is 11.2 Å². The Kier molecular flexibility index (Phi) is 7.16. The van der Waals surface area contributed by atoms with E-state index in [1.54, 1.807) is 12.1 Å². The molecule has 2 rings (SSSR count). The summed E-state index contributed by atoms with van der Waals surface area (Å²) in [4.78, 5) is 15.7. The number of nitrogens with one attached hydrogen (secondary N) is 3. The van der Waals surface area contributed by atoms with Crippen LogP contribution < -0.4 is 16.0 Å². The fourth-order valence-corrected chi connectivity index (χ4v) is 2.22. The lowest BCUT2D eigenvalue weighted by atomic mass is 10.1. The largest absolute Gasteiger partial charge is 0.356 e. The Balaban J connectivity index is 1.80. The molecule has 0 aliphatic carbocycles. The molecule has 0 radical (unpaired) electrons. The predicted octanol–water partition coefficient (Wildman–Crippen LogP) is 2.59. The highest BCUT2D eigenvalue weighted by Gasteiger charge is 2.15. The third-order valence-electron chi connectivity index (χ3n) is 3.54. The molecule has 0 fully saturated rings. The van der Waals surface area contributed by atoms with E-state index >= 15 is 0 Å². The van der Waals surface area contributed by atoms with Gasteiger partial charge in [-0.05, 0) is 36.2 Å². The van der Waals surface area contributed by atoms with E-state index in [1.807, 2.05) is 0 Å². The van der Waals surface area contributed by atoms with E-state index in [-0.39, 0.29) is 12.4 Å². The van der Waals surface area contributed by atoms with Gasteiger partial charge in [-0.25, -0.2) is 17.6 Å². The SMILES string of the molecule is CN=C(NCCc1cccc(F)c1)NCC(=O)Nc1ccc(F)c(F)c1F. The molecule has 5 nitrogen and oxygen atoms in total. The fraction of sp³-hybridized carbons (Fsp3) is 0.222. The number of guanidine groups is 1. The van der Waals surface area contributed by atoms with E-state index in [1.165, 1.54) is 19.2 Å². The molecular formula is C18H18F4N4O. The first-order chi connectivity index (χ1) is 12.9. The van der Waals surface area contributed by atoms with Gasteiger partial charge in [0.15, 0.2) is 23.4 Å². The maximum Gasteiger partial charge on any atom is 0.243 e. The number of halogens is 4. The van der Waals surface area contributed by atoms with Crippen LogP contribution in [0.4, 0.5) is 23.2 Å². The first-order valence-corrected chi connectivity index (χ1v) is 8.03. The highest BCUT2D eigenvalue weighted by Crippen LogP contribution is 2.19. The quantitative estimate of drug-likeness (QED) is 0.311. The number of nitrogens with zero attached hydrogens (tertiary/aromatic N) is 1. The van der Waals surface area contributed by atoms with E-state index in [4.69, 9.17) is 0 Å². The van der Waals surface area contributed by atoms with Crippen molar-refractivity contribution in [2.75, 3.05) is 25.5 Å². The molecule has 0 aromatic heterocycles. The van der Waals surface area contributed by atoms with Gasteiger partial charge in [0.1, 0.15) is 5.82 Å². The van der Waals surface area contributed by atoms with Gasteiger partial charge in [-0.2, -0.15) is 0 Å². The van der Waals surface area contributed by atoms with Gasteiger partial charge in [-0.1, -0.05) is 12.1 Å². The van der Waals surface area contributed by atoms with Gasteiger partial charge in [0, 0.05) is 13.6 Å². The minimum Gasteiger partial charge on any atom is -0.356 e. The summed E-state index contributed by atoms with van der Waals surface area (Å²) in [7, 11) is 1.49. The van der Waals surface area contributed by atoms with E-state index < -0.39 is 29.0 Å².